The zero-order chi connectivity index (χ0) is 15.6. The molecule has 1 aromatic heterocycles. The molecule has 0 saturated carbocycles. The maximum Gasteiger partial charge on any atom is 0.254 e. The van der Waals surface area contributed by atoms with Gasteiger partial charge < -0.3 is 15.2 Å². The molecule has 4 rings (SSSR count). The van der Waals surface area contributed by atoms with Crippen LogP contribution in [0.25, 0.3) is 11.0 Å². The Morgan fingerprint density at radius 1 is 1.17 bits per heavy atom. The average Bonchev–Trinajstić information content (AvgIpc) is 3.09. The normalized spacial score (nSPS) is 18.3. The smallest absolute Gasteiger partial charge is 0.254 e. The first kappa shape index (κ1) is 14.0. The summed E-state index contributed by atoms with van der Waals surface area (Å²) in [6.07, 6.45) is 1.65. The van der Waals surface area contributed by atoms with Gasteiger partial charge in [0.05, 0.1) is 23.4 Å². The Balaban J connectivity index is 1.67. The van der Waals surface area contributed by atoms with Gasteiger partial charge in [-0.15, -0.1) is 0 Å². The Kier molecular flexibility index (Phi) is 3.55. The number of rotatable bonds is 2. The lowest BCUT2D eigenvalue weighted by molar-refractivity contribution is 0.0634. The van der Waals surface area contributed by atoms with E-state index in [-0.39, 0.29) is 11.9 Å². The van der Waals surface area contributed by atoms with Gasteiger partial charge in [0.1, 0.15) is 0 Å². The maximum atomic E-state index is 13.0. The molecule has 2 aromatic carbocycles. The monoisotopic (exact) mass is 306 g/mol. The van der Waals surface area contributed by atoms with Crippen molar-refractivity contribution in [2.45, 2.75) is 6.04 Å². The fraction of sp³-hybridized carbons (Fsp3) is 0.222. The van der Waals surface area contributed by atoms with Crippen LogP contribution in [0.3, 0.4) is 0 Å². The highest BCUT2D eigenvalue weighted by Crippen LogP contribution is 2.24. The van der Waals surface area contributed by atoms with Crippen molar-refractivity contribution in [2.24, 2.45) is 0 Å². The van der Waals surface area contributed by atoms with E-state index in [4.69, 9.17) is 0 Å². The quantitative estimate of drug-likeness (QED) is 0.764. The Hall–Kier alpha value is -2.66. The van der Waals surface area contributed by atoms with Crippen LogP contribution in [0.4, 0.5) is 0 Å². The van der Waals surface area contributed by atoms with E-state index < -0.39 is 0 Å². The third kappa shape index (κ3) is 2.59. The first-order valence-corrected chi connectivity index (χ1v) is 7.83. The minimum Gasteiger partial charge on any atom is -0.345 e. The van der Waals surface area contributed by atoms with Crippen molar-refractivity contribution in [1.82, 2.24) is 20.2 Å². The summed E-state index contributed by atoms with van der Waals surface area (Å²) in [6, 6.07) is 15.9. The number of fused-ring (bicyclic) bond motifs is 1. The molecule has 116 valence electrons. The Labute approximate surface area is 134 Å². The number of aromatic amines is 1. The molecule has 1 aliphatic heterocycles. The van der Waals surface area contributed by atoms with Gasteiger partial charge in [0, 0.05) is 25.2 Å². The molecule has 3 aromatic rings. The van der Waals surface area contributed by atoms with Crippen LogP contribution in [0.15, 0.2) is 54.9 Å². The SMILES string of the molecule is O=C(c1ccc2nc[nH]c2c1)N1CCNCC1c1ccccc1. The summed E-state index contributed by atoms with van der Waals surface area (Å²) in [6.45, 7) is 2.31. The number of aromatic nitrogens is 2. The topological polar surface area (TPSA) is 61.0 Å². The highest BCUT2D eigenvalue weighted by Gasteiger charge is 2.28. The second-order valence-electron chi connectivity index (χ2n) is 5.76. The van der Waals surface area contributed by atoms with Gasteiger partial charge in [-0.1, -0.05) is 30.3 Å². The third-order valence-electron chi connectivity index (χ3n) is 4.36. The molecule has 5 nitrogen and oxygen atoms in total. The molecule has 0 aliphatic carbocycles. The number of carbonyl (C=O) groups excluding carboxylic acids is 1. The molecule has 1 aliphatic rings. The van der Waals surface area contributed by atoms with Gasteiger partial charge in [0.15, 0.2) is 0 Å². The summed E-state index contributed by atoms with van der Waals surface area (Å²) in [5.41, 5.74) is 3.63. The predicted octanol–water partition coefficient (Wildman–Crippen LogP) is 2.35. The van der Waals surface area contributed by atoms with Crippen LogP contribution in [0.2, 0.25) is 0 Å². The number of imidazole rings is 1. The lowest BCUT2D eigenvalue weighted by Gasteiger charge is -2.36. The zero-order valence-electron chi connectivity index (χ0n) is 12.7. The van der Waals surface area contributed by atoms with E-state index >= 15 is 0 Å². The van der Waals surface area contributed by atoms with Crippen LogP contribution in [-0.4, -0.2) is 40.4 Å². The molecular formula is C18H18N4O. The number of benzene rings is 2. The first-order valence-electron chi connectivity index (χ1n) is 7.83. The molecule has 1 fully saturated rings. The third-order valence-corrected chi connectivity index (χ3v) is 4.36. The Morgan fingerprint density at radius 3 is 2.91 bits per heavy atom. The van der Waals surface area contributed by atoms with Crippen LogP contribution < -0.4 is 5.32 Å². The van der Waals surface area contributed by atoms with Crippen molar-refractivity contribution in [3.05, 3.63) is 66.0 Å². The number of H-pyrrole nitrogens is 1. The van der Waals surface area contributed by atoms with E-state index in [1.54, 1.807) is 6.33 Å². The summed E-state index contributed by atoms with van der Waals surface area (Å²) in [5.74, 6) is 0.0665. The average molecular weight is 306 g/mol. The van der Waals surface area contributed by atoms with Crippen molar-refractivity contribution >= 4 is 16.9 Å². The Bertz CT molecular complexity index is 827. The first-order chi connectivity index (χ1) is 11.3. The number of nitrogens with zero attached hydrogens (tertiary/aromatic N) is 2. The fourth-order valence-electron chi connectivity index (χ4n) is 3.15. The lowest BCUT2D eigenvalue weighted by atomic mass is 10.0. The Morgan fingerprint density at radius 2 is 2.04 bits per heavy atom. The second-order valence-corrected chi connectivity index (χ2v) is 5.76. The van der Waals surface area contributed by atoms with Crippen molar-refractivity contribution in [3.8, 4) is 0 Å². The van der Waals surface area contributed by atoms with Crippen molar-refractivity contribution in [3.63, 3.8) is 0 Å². The number of hydrogen-bond acceptors (Lipinski definition) is 3. The number of carbonyl (C=O) groups is 1. The largest absolute Gasteiger partial charge is 0.345 e. The van der Waals surface area contributed by atoms with Gasteiger partial charge in [-0.3, -0.25) is 4.79 Å². The molecule has 2 heterocycles. The molecule has 0 spiro atoms. The van der Waals surface area contributed by atoms with E-state index in [9.17, 15) is 4.79 Å². The van der Waals surface area contributed by atoms with Gasteiger partial charge in [-0.05, 0) is 23.8 Å². The van der Waals surface area contributed by atoms with Crippen LogP contribution in [0.5, 0.6) is 0 Å². The highest BCUT2D eigenvalue weighted by molar-refractivity contribution is 5.97. The van der Waals surface area contributed by atoms with Crippen LogP contribution in [0.1, 0.15) is 22.0 Å². The molecule has 0 radical (unpaired) electrons. The summed E-state index contributed by atoms with van der Waals surface area (Å²) >= 11 is 0. The number of hydrogen-bond donors (Lipinski definition) is 2. The zero-order valence-corrected chi connectivity index (χ0v) is 12.7. The predicted molar refractivity (Wildman–Crippen MR) is 89.2 cm³/mol. The van der Waals surface area contributed by atoms with Crippen molar-refractivity contribution < 1.29 is 4.79 Å². The van der Waals surface area contributed by atoms with Crippen LogP contribution in [-0.2, 0) is 0 Å². The minimum atomic E-state index is 0.0647. The summed E-state index contributed by atoms with van der Waals surface area (Å²) in [5, 5.41) is 3.39. The molecule has 1 unspecified atom stereocenters. The summed E-state index contributed by atoms with van der Waals surface area (Å²) in [4.78, 5) is 22.2. The van der Waals surface area contributed by atoms with E-state index in [0.717, 1.165) is 29.7 Å². The summed E-state index contributed by atoms with van der Waals surface area (Å²) in [7, 11) is 0. The number of piperazine rings is 1. The maximum absolute atomic E-state index is 13.0. The molecule has 1 saturated heterocycles. The van der Waals surface area contributed by atoms with E-state index in [0.29, 0.717) is 12.1 Å². The van der Waals surface area contributed by atoms with E-state index in [1.807, 2.05) is 41.3 Å². The highest BCUT2D eigenvalue weighted by atomic mass is 16.2. The van der Waals surface area contributed by atoms with Crippen molar-refractivity contribution in [2.75, 3.05) is 19.6 Å². The van der Waals surface area contributed by atoms with E-state index in [2.05, 4.69) is 27.4 Å². The molecule has 23 heavy (non-hydrogen) atoms. The molecule has 0 bridgehead atoms. The standard InChI is InChI=1S/C18H18N4O/c23-18(14-6-7-15-16(10-14)21-12-20-15)22-9-8-19-11-17(22)13-4-2-1-3-5-13/h1-7,10,12,17,19H,8-9,11H2,(H,20,21). The molecular weight excluding hydrogens is 288 g/mol. The number of amides is 1. The van der Waals surface area contributed by atoms with Gasteiger partial charge in [0.25, 0.3) is 5.91 Å². The van der Waals surface area contributed by atoms with Crippen LogP contribution in [0, 0.1) is 0 Å². The van der Waals surface area contributed by atoms with Gasteiger partial charge in [-0.2, -0.15) is 0 Å². The molecule has 2 N–H and O–H groups in total. The van der Waals surface area contributed by atoms with Gasteiger partial charge >= 0.3 is 0 Å². The van der Waals surface area contributed by atoms with Gasteiger partial charge in [0.2, 0.25) is 0 Å². The fourth-order valence-corrected chi connectivity index (χ4v) is 3.15. The van der Waals surface area contributed by atoms with E-state index in [1.165, 1.54) is 0 Å². The minimum absolute atomic E-state index is 0.0647. The molecule has 5 heteroatoms. The summed E-state index contributed by atoms with van der Waals surface area (Å²) < 4.78 is 0. The number of nitrogens with one attached hydrogen (secondary N) is 2. The lowest BCUT2D eigenvalue weighted by Crippen LogP contribution is -2.48. The molecule has 1 atom stereocenters. The van der Waals surface area contributed by atoms with Crippen LogP contribution >= 0.6 is 0 Å². The molecule has 1 amide bonds. The van der Waals surface area contributed by atoms with Crippen molar-refractivity contribution in [1.29, 1.82) is 0 Å². The second kappa shape index (κ2) is 5.85. The van der Waals surface area contributed by atoms with Gasteiger partial charge in [-0.25, -0.2) is 4.98 Å².